The zero-order valence-electron chi connectivity index (χ0n) is 11.8. The highest BCUT2D eigenvalue weighted by molar-refractivity contribution is 7.91. The summed E-state index contributed by atoms with van der Waals surface area (Å²) in [5.41, 5.74) is 0.444. The van der Waals surface area contributed by atoms with Crippen LogP contribution in [0.2, 0.25) is 5.02 Å². The molecule has 1 aliphatic rings. The van der Waals surface area contributed by atoms with E-state index in [0.29, 0.717) is 21.7 Å². The second-order valence-corrected chi connectivity index (χ2v) is 7.82. The van der Waals surface area contributed by atoms with Gasteiger partial charge >= 0.3 is 0 Å². The SMILES string of the molecule is COc1cc(Cl)cc2cc(C(=O)N3CCS(=O)(=O)CC3)oc12. The number of methoxy groups -OCH3 is 1. The lowest BCUT2D eigenvalue weighted by Crippen LogP contribution is -2.43. The third-order valence-electron chi connectivity index (χ3n) is 3.61. The number of nitrogens with zero attached hydrogens (tertiary/aromatic N) is 1. The zero-order chi connectivity index (χ0) is 15.9. The van der Waals surface area contributed by atoms with Crippen LogP contribution < -0.4 is 4.74 Å². The zero-order valence-corrected chi connectivity index (χ0v) is 13.4. The van der Waals surface area contributed by atoms with Gasteiger partial charge in [-0.1, -0.05) is 11.6 Å². The van der Waals surface area contributed by atoms with Crippen LogP contribution in [0.1, 0.15) is 10.6 Å². The number of halogens is 1. The van der Waals surface area contributed by atoms with Crippen LogP contribution in [-0.4, -0.2) is 50.9 Å². The Bertz CT molecular complexity index is 828. The maximum absolute atomic E-state index is 12.4. The lowest BCUT2D eigenvalue weighted by Gasteiger charge is -2.25. The number of sulfone groups is 1. The predicted octanol–water partition coefficient (Wildman–Crippen LogP) is 1.97. The Morgan fingerprint density at radius 1 is 1.27 bits per heavy atom. The highest BCUT2D eigenvalue weighted by atomic mass is 35.5. The molecule has 22 heavy (non-hydrogen) atoms. The maximum Gasteiger partial charge on any atom is 0.289 e. The molecule has 0 N–H and O–H groups in total. The van der Waals surface area contributed by atoms with Crippen molar-refractivity contribution in [2.24, 2.45) is 0 Å². The van der Waals surface area contributed by atoms with E-state index in [0.717, 1.165) is 0 Å². The number of hydrogen-bond acceptors (Lipinski definition) is 5. The Hall–Kier alpha value is -1.73. The van der Waals surface area contributed by atoms with Crippen molar-refractivity contribution in [3.8, 4) is 5.75 Å². The number of furan rings is 1. The summed E-state index contributed by atoms with van der Waals surface area (Å²) in [6.45, 7) is 0.353. The van der Waals surface area contributed by atoms with E-state index in [1.807, 2.05) is 0 Å². The van der Waals surface area contributed by atoms with E-state index in [9.17, 15) is 13.2 Å². The number of carbonyl (C=O) groups is 1. The highest BCUT2D eigenvalue weighted by Gasteiger charge is 2.28. The average molecular weight is 344 g/mol. The molecule has 1 saturated heterocycles. The summed E-state index contributed by atoms with van der Waals surface area (Å²) in [5.74, 6) is 0.226. The van der Waals surface area contributed by atoms with Crippen LogP contribution in [0.25, 0.3) is 11.0 Å². The maximum atomic E-state index is 12.4. The van der Waals surface area contributed by atoms with E-state index in [1.54, 1.807) is 18.2 Å². The van der Waals surface area contributed by atoms with Crippen LogP contribution in [0, 0.1) is 0 Å². The molecule has 0 spiro atoms. The summed E-state index contributed by atoms with van der Waals surface area (Å²) in [6.07, 6.45) is 0. The summed E-state index contributed by atoms with van der Waals surface area (Å²) in [4.78, 5) is 13.9. The molecule has 0 atom stereocenters. The molecular weight excluding hydrogens is 330 g/mol. The number of carbonyl (C=O) groups excluding carboxylic acids is 1. The molecule has 2 heterocycles. The first-order chi connectivity index (χ1) is 10.4. The van der Waals surface area contributed by atoms with E-state index in [4.69, 9.17) is 20.8 Å². The summed E-state index contributed by atoms with van der Waals surface area (Å²) in [7, 11) is -1.54. The third-order valence-corrected chi connectivity index (χ3v) is 5.44. The molecule has 6 nitrogen and oxygen atoms in total. The van der Waals surface area contributed by atoms with Gasteiger partial charge in [0.2, 0.25) is 0 Å². The van der Waals surface area contributed by atoms with Gasteiger partial charge in [-0.15, -0.1) is 0 Å². The van der Waals surface area contributed by atoms with Crippen LogP contribution in [0.5, 0.6) is 5.75 Å². The van der Waals surface area contributed by atoms with E-state index in [2.05, 4.69) is 0 Å². The minimum Gasteiger partial charge on any atom is -0.493 e. The number of benzene rings is 1. The molecule has 0 radical (unpaired) electrons. The normalized spacial score (nSPS) is 17.6. The molecule has 0 bridgehead atoms. The highest BCUT2D eigenvalue weighted by Crippen LogP contribution is 2.32. The van der Waals surface area contributed by atoms with Gasteiger partial charge in [0, 0.05) is 29.6 Å². The number of amides is 1. The van der Waals surface area contributed by atoms with Crippen molar-refractivity contribution < 1.29 is 22.4 Å². The molecule has 1 aromatic heterocycles. The molecule has 1 aliphatic heterocycles. The first-order valence-corrected chi connectivity index (χ1v) is 8.86. The van der Waals surface area contributed by atoms with Crippen molar-refractivity contribution in [2.75, 3.05) is 31.7 Å². The topological polar surface area (TPSA) is 76.8 Å². The Kier molecular flexibility index (Phi) is 3.78. The van der Waals surface area contributed by atoms with Gasteiger partial charge in [-0.2, -0.15) is 0 Å². The fourth-order valence-corrected chi connectivity index (χ4v) is 3.83. The van der Waals surface area contributed by atoms with Crippen LogP contribution in [0.3, 0.4) is 0 Å². The molecular formula is C14H14ClNO5S. The van der Waals surface area contributed by atoms with Gasteiger partial charge in [0.05, 0.1) is 18.6 Å². The van der Waals surface area contributed by atoms with Crippen molar-refractivity contribution in [2.45, 2.75) is 0 Å². The van der Waals surface area contributed by atoms with Crippen LogP contribution in [0.15, 0.2) is 22.6 Å². The summed E-state index contributed by atoms with van der Waals surface area (Å²) in [6, 6.07) is 4.88. The lowest BCUT2D eigenvalue weighted by atomic mass is 10.2. The molecule has 0 saturated carbocycles. The van der Waals surface area contributed by atoms with Gasteiger partial charge in [-0.3, -0.25) is 4.79 Å². The summed E-state index contributed by atoms with van der Waals surface area (Å²) >= 11 is 5.99. The van der Waals surface area contributed by atoms with Gasteiger partial charge in [0.25, 0.3) is 5.91 Å². The number of fused-ring (bicyclic) bond motifs is 1. The Balaban J connectivity index is 1.92. The number of rotatable bonds is 2. The monoisotopic (exact) mass is 343 g/mol. The largest absolute Gasteiger partial charge is 0.493 e. The first kappa shape index (κ1) is 15.2. The predicted molar refractivity (Wildman–Crippen MR) is 82.3 cm³/mol. The molecule has 0 unspecified atom stereocenters. The smallest absolute Gasteiger partial charge is 0.289 e. The Labute approximate surface area is 132 Å². The van der Waals surface area contributed by atoms with E-state index in [1.165, 1.54) is 12.0 Å². The van der Waals surface area contributed by atoms with Crippen LogP contribution in [-0.2, 0) is 9.84 Å². The van der Waals surface area contributed by atoms with Crippen LogP contribution >= 0.6 is 11.6 Å². The second kappa shape index (κ2) is 5.48. The van der Waals surface area contributed by atoms with Gasteiger partial charge in [0.15, 0.2) is 26.9 Å². The molecule has 8 heteroatoms. The van der Waals surface area contributed by atoms with Crippen molar-refractivity contribution in [1.82, 2.24) is 4.90 Å². The summed E-state index contributed by atoms with van der Waals surface area (Å²) in [5, 5.41) is 1.14. The van der Waals surface area contributed by atoms with Gasteiger partial charge in [0.1, 0.15) is 0 Å². The molecule has 3 rings (SSSR count). The fraction of sp³-hybridized carbons (Fsp3) is 0.357. The Morgan fingerprint density at radius 2 is 1.95 bits per heavy atom. The molecule has 1 aromatic carbocycles. The van der Waals surface area contributed by atoms with Crippen molar-refractivity contribution in [1.29, 1.82) is 0 Å². The molecule has 1 fully saturated rings. The standard InChI is InChI=1S/C14H14ClNO5S/c1-20-11-8-10(15)6-9-7-12(21-13(9)11)14(17)16-2-4-22(18,19)5-3-16/h6-8H,2-5H2,1H3. The van der Waals surface area contributed by atoms with Gasteiger partial charge in [-0.05, 0) is 12.1 Å². The van der Waals surface area contributed by atoms with Crippen molar-refractivity contribution in [3.05, 3.63) is 29.0 Å². The molecule has 118 valence electrons. The quantitative estimate of drug-likeness (QED) is 0.833. The number of ether oxygens (including phenoxy) is 1. The number of hydrogen-bond donors (Lipinski definition) is 0. The van der Waals surface area contributed by atoms with Crippen LogP contribution in [0.4, 0.5) is 0 Å². The van der Waals surface area contributed by atoms with E-state index in [-0.39, 0.29) is 36.3 Å². The molecule has 0 aliphatic carbocycles. The van der Waals surface area contributed by atoms with Gasteiger partial charge < -0.3 is 14.1 Å². The van der Waals surface area contributed by atoms with Crippen molar-refractivity contribution in [3.63, 3.8) is 0 Å². The minimum atomic E-state index is -3.03. The molecule has 2 aromatic rings. The minimum absolute atomic E-state index is 0.0197. The third kappa shape index (κ3) is 2.78. The first-order valence-electron chi connectivity index (χ1n) is 6.66. The lowest BCUT2D eigenvalue weighted by molar-refractivity contribution is 0.0740. The van der Waals surface area contributed by atoms with Crippen molar-refractivity contribution >= 4 is 38.3 Å². The fourth-order valence-electron chi connectivity index (χ4n) is 2.41. The summed E-state index contributed by atoms with van der Waals surface area (Å²) < 4.78 is 33.6. The second-order valence-electron chi connectivity index (χ2n) is 5.08. The average Bonchev–Trinajstić information content (AvgIpc) is 2.89. The van der Waals surface area contributed by atoms with Gasteiger partial charge in [-0.25, -0.2) is 8.42 Å². The molecule has 1 amide bonds. The van der Waals surface area contributed by atoms with E-state index < -0.39 is 9.84 Å². The Morgan fingerprint density at radius 3 is 2.59 bits per heavy atom. The van der Waals surface area contributed by atoms with E-state index >= 15 is 0 Å².